The van der Waals surface area contributed by atoms with Gasteiger partial charge in [-0.3, -0.25) is 0 Å². The van der Waals surface area contributed by atoms with Crippen molar-refractivity contribution in [2.45, 2.75) is 7.43 Å². The Labute approximate surface area is 605 Å². The normalized spacial score (nSPS) is 11.4. The van der Waals surface area contributed by atoms with Crippen LogP contribution in [-0.4, -0.2) is 17.2 Å². The van der Waals surface area contributed by atoms with Crippen molar-refractivity contribution in [3.05, 3.63) is 368 Å². The van der Waals surface area contributed by atoms with Crippen molar-refractivity contribution in [3.63, 3.8) is 0 Å². The van der Waals surface area contributed by atoms with Crippen molar-refractivity contribution in [3.8, 4) is 77.9 Å². The van der Waals surface area contributed by atoms with Crippen molar-refractivity contribution in [2.24, 2.45) is 0 Å². The number of fused-ring (bicyclic) bond motifs is 12. The van der Waals surface area contributed by atoms with Gasteiger partial charge < -0.3 is 18.9 Å². The number of furan rings is 2. The van der Waals surface area contributed by atoms with Gasteiger partial charge in [-0.25, -0.2) is 0 Å². The van der Waals surface area contributed by atoms with Crippen molar-refractivity contribution in [1.29, 1.82) is 0 Å². The van der Waals surface area contributed by atoms with Crippen molar-refractivity contribution >= 4 is 137 Å². The Morgan fingerprint density at radius 2 is 0.476 bits per heavy atom. The van der Waals surface area contributed by atoms with Crippen molar-refractivity contribution in [2.75, 3.05) is 0 Å². The maximum Gasteiger partial charge on any atom is 0.489 e. The zero-order valence-corrected chi connectivity index (χ0v) is 56.9. The molecule has 0 saturated heterocycles. The molecule has 0 unspecified atom stereocenters. The van der Waals surface area contributed by atoms with Gasteiger partial charge in [-0.05, 0) is 197 Å². The molecule has 20 rings (SSSR count). The molecule has 103 heavy (non-hydrogen) atoms. The molecule has 18 aromatic carbocycles. The summed E-state index contributed by atoms with van der Waals surface area (Å²) in [6.07, 6.45) is 0. The standard InChI is InChI=1S/C48H30O.C30H21BO2.C18H11BrO.CH4/c1-2-12-37-32(10-1)11-9-18-38(37)33-22-26-35(27-23-33)48-42-16-5-3-14-40(42)47(41-15-4-6-17-43(41)48)34-24-20-31(21-25-34)36-28-29-46-44(30-36)39-13-7-8-19-45(39)49-46;32-31(33)30-27-13-5-3-11-25(27)29(26-12-4-6-14-28(26)30)22-18-16-21(17-19-22)24-15-7-9-20-8-1-2-10-23(20)24;19-14-8-5-12(6-9-14)13-7-10-18-16(11-13)15-3-1-2-4-17(15)20-18;/h1-30H;1-19,32-33H;1-11H;1H4. The van der Waals surface area contributed by atoms with Crippen LogP contribution >= 0.6 is 15.9 Å². The largest absolute Gasteiger partial charge is 0.489 e. The Kier molecular flexibility index (Phi) is 16.9. The molecule has 6 heteroatoms. The number of hydrogen-bond acceptors (Lipinski definition) is 4. The van der Waals surface area contributed by atoms with E-state index in [1.807, 2.05) is 72.8 Å². The number of para-hydroxylation sites is 2. The van der Waals surface area contributed by atoms with Gasteiger partial charge in [-0.1, -0.05) is 339 Å². The van der Waals surface area contributed by atoms with Gasteiger partial charge in [-0.15, -0.1) is 0 Å². The van der Waals surface area contributed by atoms with E-state index in [1.165, 1.54) is 121 Å². The topological polar surface area (TPSA) is 66.7 Å². The number of hydrogen-bond donors (Lipinski definition) is 2. The SMILES string of the molecule is Brc1ccc(-c2ccc3oc4ccccc4c3c2)cc1.C.OB(O)c1c2ccccc2c(-c2ccc(-c3cccc4ccccc34)cc2)c2ccccc12.c1ccc2c(-c3ccc(-c4c5ccccc5c(-c5ccc(-c6ccc7oc8ccccc8c7c6)cc5)c5ccccc45)cc3)cccc2c1. The fourth-order valence-corrected chi connectivity index (χ4v) is 15.6. The lowest BCUT2D eigenvalue weighted by Gasteiger charge is -2.18. The average Bonchev–Trinajstić information content (AvgIpc) is 0.882. The van der Waals surface area contributed by atoms with E-state index >= 15 is 0 Å². The fraction of sp³-hybridized carbons (Fsp3) is 0.0103. The third kappa shape index (κ3) is 11.8. The molecule has 0 fully saturated rings. The fourth-order valence-electron chi connectivity index (χ4n) is 15.4. The smallest absolute Gasteiger partial charge is 0.456 e. The first-order chi connectivity index (χ1) is 50.3. The molecule has 2 N–H and O–H groups in total. The summed E-state index contributed by atoms with van der Waals surface area (Å²) in [5, 5.41) is 38.8. The van der Waals surface area contributed by atoms with Crippen LogP contribution in [0.4, 0.5) is 0 Å². The van der Waals surface area contributed by atoms with Gasteiger partial charge in [-0.2, -0.15) is 0 Å². The van der Waals surface area contributed by atoms with E-state index < -0.39 is 7.12 Å². The highest BCUT2D eigenvalue weighted by molar-refractivity contribution is 9.10. The molecule has 20 aromatic rings. The Morgan fingerprint density at radius 1 is 0.214 bits per heavy atom. The van der Waals surface area contributed by atoms with Crippen LogP contribution in [0.2, 0.25) is 0 Å². The van der Waals surface area contributed by atoms with Gasteiger partial charge in [0.2, 0.25) is 0 Å². The second-order valence-corrected chi connectivity index (χ2v) is 26.9. The summed E-state index contributed by atoms with van der Waals surface area (Å²) in [4.78, 5) is 0. The summed E-state index contributed by atoms with van der Waals surface area (Å²) < 4.78 is 13.0. The molecule has 0 amide bonds. The predicted octanol–water partition coefficient (Wildman–Crippen LogP) is 26.5. The first-order valence-corrected chi connectivity index (χ1v) is 35.2. The van der Waals surface area contributed by atoms with E-state index in [1.54, 1.807) is 0 Å². The molecule has 0 spiro atoms. The van der Waals surface area contributed by atoms with Crippen LogP contribution in [-0.2, 0) is 0 Å². The second-order valence-electron chi connectivity index (χ2n) is 26.0. The lowest BCUT2D eigenvalue weighted by molar-refractivity contribution is 0.426. The molecular weight excluding hydrogens is 1320 g/mol. The maximum atomic E-state index is 10.2. The van der Waals surface area contributed by atoms with Crippen LogP contribution < -0.4 is 5.46 Å². The number of halogens is 1. The molecule has 0 aliphatic rings. The van der Waals surface area contributed by atoms with Crippen LogP contribution in [0.3, 0.4) is 0 Å². The summed E-state index contributed by atoms with van der Waals surface area (Å²) in [6, 6.07) is 128. The van der Waals surface area contributed by atoms with Gasteiger partial charge in [0.1, 0.15) is 22.3 Å². The van der Waals surface area contributed by atoms with Crippen LogP contribution in [0, 0.1) is 0 Å². The zero-order valence-electron chi connectivity index (χ0n) is 55.3. The first kappa shape index (κ1) is 64.0. The minimum atomic E-state index is -1.54. The molecule has 4 nitrogen and oxygen atoms in total. The Morgan fingerprint density at radius 3 is 0.845 bits per heavy atom. The van der Waals surface area contributed by atoms with E-state index in [9.17, 15) is 10.0 Å². The monoisotopic (exact) mass is 1380 g/mol. The first-order valence-electron chi connectivity index (χ1n) is 34.4. The van der Waals surface area contributed by atoms with E-state index in [-0.39, 0.29) is 7.43 Å². The molecule has 0 radical (unpaired) electrons. The van der Waals surface area contributed by atoms with E-state index in [4.69, 9.17) is 8.83 Å². The highest BCUT2D eigenvalue weighted by atomic mass is 79.9. The Hall–Kier alpha value is -12.4. The predicted molar refractivity (Wildman–Crippen MR) is 441 cm³/mol. The molecule has 488 valence electrons. The minimum absolute atomic E-state index is 0. The third-order valence-corrected chi connectivity index (χ3v) is 20.7. The van der Waals surface area contributed by atoms with Crippen molar-refractivity contribution in [1.82, 2.24) is 0 Å². The maximum absolute atomic E-state index is 10.2. The molecule has 0 saturated carbocycles. The van der Waals surface area contributed by atoms with Gasteiger partial charge in [0.25, 0.3) is 0 Å². The lowest BCUT2D eigenvalue weighted by Crippen LogP contribution is -2.31. The van der Waals surface area contributed by atoms with Gasteiger partial charge in [0.05, 0.1) is 0 Å². The molecule has 0 atom stereocenters. The van der Waals surface area contributed by atoms with E-state index in [2.05, 4.69) is 307 Å². The second kappa shape index (κ2) is 27.3. The van der Waals surface area contributed by atoms with Crippen LogP contribution in [0.25, 0.3) is 186 Å². The minimum Gasteiger partial charge on any atom is -0.456 e. The summed E-state index contributed by atoms with van der Waals surface area (Å²) in [7, 11) is -1.54. The highest BCUT2D eigenvalue weighted by Gasteiger charge is 2.23. The molecule has 0 aliphatic heterocycles. The lowest BCUT2D eigenvalue weighted by atomic mass is 9.72. The highest BCUT2D eigenvalue weighted by Crippen LogP contribution is 2.46. The van der Waals surface area contributed by atoms with Gasteiger partial charge >= 0.3 is 7.12 Å². The zero-order chi connectivity index (χ0) is 68.2. The summed E-state index contributed by atoms with van der Waals surface area (Å²) >= 11 is 3.47. The van der Waals surface area contributed by atoms with E-state index in [0.29, 0.717) is 5.46 Å². The number of rotatable bonds is 8. The molecular formula is C97H66BBrO4. The molecule has 0 bridgehead atoms. The third-order valence-electron chi connectivity index (χ3n) is 20.1. The van der Waals surface area contributed by atoms with Crippen LogP contribution in [0.15, 0.2) is 377 Å². The van der Waals surface area contributed by atoms with Gasteiger partial charge in [0, 0.05) is 26.0 Å². The number of benzene rings is 18. The Balaban J connectivity index is 0.000000125. The van der Waals surface area contributed by atoms with Crippen LogP contribution in [0.1, 0.15) is 7.43 Å². The summed E-state index contributed by atoms with van der Waals surface area (Å²) in [5.74, 6) is 0. The quantitative estimate of drug-likeness (QED) is 0.118. The van der Waals surface area contributed by atoms with Gasteiger partial charge in [0.15, 0.2) is 0 Å². The molecule has 2 aromatic heterocycles. The Bertz CT molecular complexity index is 6470. The molecule has 0 aliphatic carbocycles. The van der Waals surface area contributed by atoms with Crippen LogP contribution in [0.5, 0.6) is 0 Å². The summed E-state index contributed by atoms with van der Waals surface area (Å²) in [5.41, 5.74) is 21.1. The summed E-state index contributed by atoms with van der Waals surface area (Å²) in [6.45, 7) is 0. The average molecular weight is 1390 g/mol. The van der Waals surface area contributed by atoms with Crippen molar-refractivity contribution < 1.29 is 18.9 Å². The molecule has 2 heterocycles. The van der Waals surface area contributed by atoms with E-state index in [0.717, 1.165) is 70.2 Å².